The van der Waals surface area contributed by atoms with E-state index in [2.05, 4.69) is 270 Å². The van der Waals surface area contributed by atoms with Crippen LogP contribution >= 0.6 is 0 Å². The summed E-state index contributed by atoms with van der Waals surface area (Å²) in [5.41, 5.74) is 5.11. The van der Waals surface area contributed by atoms with E-state index in [0.29, 0.717) is 54.1 Å². The van der Waals surface area contributed by atoms with Gasteiger partial charge in [0.2, 0.25) is 0 Å². The van der Waals surface area contributed by atoms with Crippen LogP contribution in [0.5, 0.6) is 0 Å². The van der Waals surface area contributed by atoms with E-state index in [9.17, 15) is 0 Å². The average Bonchev–Trinajstić information content (AvgIpc) is 3.34. The Bertz CT molecular complexity index is 1220. The quantitative estimate of drug-likeness (QED) is 0.136. The van der Waals surface area contributed by atoms with Gasteiger partial charge in [-0.25, -0.2) is 0 Å². The van der Waals surface area contributed by atoms with E-state index in [-0.39, 0.29) is 18.7 Å². The van der Waals surface area contributed by atoms with Crippen LogP contribution in [0.1, 0.15) is 455 Å². The summed E-state index contributed by atoms with van der Waals surface area (Å²) in [5.74, 6) is 2.34. The molecule has 0 amide bonds. The molecule has 0 nitrogen and oxygen atoms in total. The smallest absolute Gasteiger partial charge is 0.0294 e. The molecule has 0 heterocycles. The van der Waals surface area contributed by atoms with Crippen LogP contribution < -0.4 is 0 Å². The fourth-order valence-corrected chi connectivity index (χ4v) is 5.01. The Labute approximate surface area is 530 Å². The van der Waals surface area contributed by atoms with E-state index < -0.39 is 6.37 Å². The molecule has 0 aliphatic rings. The highest BCUT2D eigenvalue weighted by molar-refractivity contribution is 4.84. The molecule has 0 spiro atoms. The lowest BCUT2D eigenvalue weighted by Gasteiger charge is -2.40. The first-order valence-corrected chi connectivity index (χ1v) is 34.5. The van der Waals surface area contributed by atoms with Gasteiger partial charge in [-0.3, -0.25) is 0 Å². The second kappa shape index (κ2) is 59.3. The molecule has 0 fully saturated rings. The normalized spacial score (nSPS) is 13.9. The highest BCUT2D eigenvalue weighted by atomic mass is 14.4. The van der Waals surface area contributed by atoms with Crippen LogP contribution in [0.4, 0.5) is 0 Å². The van der Waals surface area contributed by atoms with Gasteiger partial charge in [-0.1, -0.05) is 448 Å². The van der Waals surface area contributed by atoms with Gasteiger partial charge in [-0.2, -0.15) is 0 Å². The lowest BCUT2D eigenvalue weighted by Crippen LogP contribution is -2.31. The topological polar surface area (TPSA) is 0 Å². The Morgan fingerprint density at radius 1 is 0.338 bits per heavy atom. The number of hydrogen-bond donors (Lipinski definition) is 0. The molecule has 0 aromatic rings. The van der Waals surface area contributed by atoms with Crippen molar-refractivity contribution in [2.45, 2.75) is 448 Å². The molecule has 2 unspecified atom stereocenters. The largest absolute Gasteiger partial charge is 0.0656 e. The van der Waals surface area contributed by atoms with Crippen molar-refractivity contribution in [2.75, 3.05) is 0 Å². The van der Waals surface area contributed by atoms with Crippen molar-refractivity contribution in [2.24, 2.45) is 77.8 Å². The SMILES string of the molecule is CC(C)(C)C(C)(C)C.CCC(C)(C)C(C)(C)C.CCC(C)(C)C(C)C.CCC(C)(C)CC.CCC(C)(CC)C(C)(C)C.CCC(C)(CC)C(C)C.CCC(C)(CC)CC.CCCC(C)CC.[2H]C(C)(C)C.[2H]C(C)C.[2H]C(C)CC.[2H]C([2H])(C)C. The third kappa shape index (κ3) is 76.0. The molecule has 0 aromatic carbocycles. The molecule has 0 aliphatic carbocycles. The predicted molar refractivity (Wildman–Crippen MR) is 394 cm³/mol. The first-order valence-electron chi connectivity index (χ1n) is 37.1. The van der Waals surface area contributed by atoms with E-state index in [0.717, 1.165) is 24.2 Å². The summed E-state index contributed by atoms with van der Waals surface area (Å²) in [6.45, 7) is 106. The van der Waals surface area contributed by atoms with Gasteiger partial charge in [0, 0.05) is 6.85 Å². The van der Waals surface area contributed by atoms with Gasteiger partial charge in [0.1, 0.15) is 0 Å². The van der Waals surface area contributed by atoms with Crippen LogP contribution in [0.2, 0.25) is 0 Å². The maximum Gasteiger partial charge on any atom is 0.0294 e. The van der Waals surface area contributed by atoms with E-state index in [4.69, 9.17) is 6.85 Å². The molecule has 0 saturated carbocycles. The summed E-state index contributed by atoms with van der Waals surface area (Å²) < 4.78 is 33.6. The molecule has 504 valence electrons. The van der Waals surface area contributed by atoms with Crippen LogP contribution in [0.15, 0.2) is 0 Å². The van der Waals surface area contributed by atoms with Gasteiger partial charge in [-0.15, -0.1) is 0 Å². The highest BCUT2D eigenvalue weighted by Gasteiger charge is 2.34. The Kier molecular flexibility index (Phi) is 69.5. The standard InChI is InChI=1S/C10H22.2C9H20.3C8H18.2C7H16.2C4H10.2C3H8/c1-7-10(6,8-2)9(3,4)5;1-7-9(5,6)8(2,3)4;1-6-9(5,7-2)8(3)4;1-7(2,3)8(4,5)6;1-6-8(4,5)7(2)3;1-5-8(4,6-2)7-3;1-5-7(3,4)6-2;1-4-6-7(3)5-2;1-4(2)3;1-3-4-2;2*1-3-2/h7-8H2,1-6H3;7H2,1-6H3;8H,6-7H2,1-5H3;1-6H3;7H,6H2,1-5H3;5-7H2,1-4H3;5-6H2,1-4H3;7H,4-6H2,1-3H3;4H,1-3H3;3-4H2,1-2H3;2*3H2,1-2H3/i;;;;;;;;4D;3D;3D2;3D. The minimum Gasteiger partial charge on any atom is -0.0656 e. The van der Waals surface area contributed by atoms with Crippen molar-refractivity contribution in [3.8, 4) is 0 Å². The lowest BCUT2D eigenvalue weighted by molar-refractivity contribution is 0.0975. The molecule has 0 saturated heterocycles. The van der Waals surface area contributed by atoms with Gasteiger partial charge >= 0.3 is 0 Å². The fraction of sp³-hybridized carbons (Fsp3) is 1.00. The van der Waals surface area contributed by atoms with E-state index in [1.54, 1.807) is 0 Å². The van der Waals surface area contributed by atoms with Crippen molar-refractivity contribution in [1.29, 1.82) is 0 Å². The van der Waals surface area contributed by atoms with Crippen molar-refractivity contribution in [3.63, 3.8) is 0 Å². The minimum atomic E-state index is -1.00. The average molecular weight is 1150 g/mol. The molecule has 0 bridgehead atoms. The molecule has 0 aliphatic heterocycles. The highest BCUT2D eigenvalue weighted by Crippen LogP contribution is 2.44. The lowest BCUT2D eigenvalue weighted by atomic mass is 9.65. The van der Waals surface area contributed by atoms with Crippen LogP contribution in [-0.2, 0) is 0 Å². The Morgan fingerprint density at radius 2 is 0.613 bits per heavy atom. The first kappa shape index (κ1) is 93.7. The molecule has 80 heavy (non-hydrogen) atoms. The molecule has 0 rings (SSSR count). The van der Waals surface area contributed by atoms with E-state index in [1.807, 2.05) is 48.5 Å². The summed E-state index contributed by atoms with van der Waals surface area (Å²) >= 11 is 0. The van der Waals surface area contributed by atoms with Gasteiger partial charge in [-0.05, 0) is 77.8 Å². The van der Waals surface area contributed by atoms with Crippen molar-refractivity contribution in [1.82, 2.24) is 0 Å². The Balaban J connectivity index is -0.0000000689. The number of hydrogen-bond acceptors (Lipinski definition) is 0. The molecule has 0 N–H and O–H groups in total. The van der Waals surface area contributed by atoms with Crippen molar-refractivity contribution in [3.05, 3.63) is 0 Å². The second-order valence-corrected chi connectivity index (χ2v) is 32.0. The molecular formula is C80H184. The summed E-state index contributed by atoms with van der Waals surface area (Å²) in [4.78, 5) is 0. The van der Waals surface area contributed by atoms with Gasteiger partial charge < -0.3 is 0 Å². The predicted octanol–water partition coefficient (Wildman–Crippen LogP) is 32.1. The molecule has 0 heteroatoms. The zero-order valence-corrected chi connectivity index (χ0v) is 67.5. The molecule has 2 atom stereocenters. The summed E-state index contributed by atoms with van der Waals surface area (Å²) in [7, 11) is 0. The third-order valence-electron chi connectivity index (χ3n) is 20.4. The third-order valence-corrected chi connectivity index (χ3v) is 20.4. The van der Waals surface area contributed by atoms with Crippen LogP contribution in [-0.4, -0.2) is 0 Å². The maximum atomic E-state index is 6.94. The zero-order valence-electron chi connectivity index (χ0n) is 72.5. The number of rotatable bonds is 17. The van der Waals surface area contributed by atoms with Crippen LogP contribution in [0, 0.1) is 77.8 Å². The van der Waals surface area contributed by atoms with E-state index in [1.165, 1.54) is 104 Å². The second-order valence-electron chi connectivity index (χ2n) is 32.0. The minimum absolute atomic E-state index is 0.0833. The van der Waals surface area contributed by atoms with Gasteiger partial charge in [0.15, 0.2) is 0 Å². The summed E-state index contributed by atoms with van der Waals surface area (Å²) in [5, 5.41) is 0. The molecule has 0 aromatic heterocycles. The van der Waals surface area contributed by atoms with Gasteiger partial charge in [0.05, 0.1) is 0 Å². The molecular weight excluding hydrogens is 961 g/mol. The van der Waals surface area contributed by atoms with E-state index >= 15 is 0 Å². The van der Waals surface area contributed by atoms with Crippen LogP contribution in [0.25, 0.3) is 0 Å². The van der Waals surface area contributed by atoms with Crippen molar-refractivity contribution < 1.29 is 6.85 Å². The fourth-order valence-electron chi connectivity index (χ4n) is 5.01. The first-order chi connectivity index (χ1) is 37.1. The Morgan fingerprint density at radius 3 is 0.625 bits per heavy atom. The summed E-state index contributed by atoms with van der Waals surface area (Å²) in [6, 6.07) is 0. The van der Waals surface area contributed by atoms with Gasteiger partial charge in [0.25, 0.3) is 0 Å². The molecule has 0 radical (unpaired) electrons. The zero-order chi connectivity index (χ0) is 72.5. The van der Waals surface area contributed by atoms with Crippen LogP contribution in [0.3, 0.4) is 0 Å². The Hall–Kier alpha value is 0. The monoisotopic (exact) mass is 1150 g/mol. The van der Waals surface area contributed by atoms with Crippen molar-refractivity contribution >= 4 is 0 Å². The maximum absolute atomic E-state index is 6.94. The summed E-state index contributed by atoms with van der Waals surface area (Å²) in [6.07, 6.45) is 18.5.